The molecule has 0 saturated heterocycles. The normalized spacial score (nSPS) is 9.19. The molecule has 0 amide bonds. The Kier molecular flexibility index (Phi) is 7.01. The van der Waals surface area contributed by atoms with Crippen LogP contribution in [0.3, 0.4) is 0 Å². The molecular formula is C12H15NO2S. The molecule has 86 valence electrons. The highest BCUT2D eigenvalue weighted by Crippen LogP contribution is 2.07. The molecule has 1 aromatic carbocycles. The number of para-hydroxylation sites is 1. The third-order valence-electron chi connectivity index (χ3n) is 1.33. The van der Waals surface area contributed by atoms with Gasteiger partial charge >= 0.3 is 0 Å². The van der Waals surface area contributed by atoms with E-state index in [2.05, 4.69) is 27.1 Å². The first-order chi connectivity index (χ1) is 7.49. The summed E-state index contributed by atoms with van der Waals surface area (Å²) in [5, 5.41) is 2.29. The monoisotopic (exact) mass is 237 g/mol. The van der Waals surface area contributed by atoms with Crippen molar-refractivity contribution in [3.63, 3.8) is 0 Å². The molecule has 16 heavy (non-hydrogen) atoms. The van der Waals surface area contributed by atoms with Crippen molar-refractivity contribution in [3.8, 4) is 0 Å². The Balaban J connectivity index is 0.000000293. The molecule has 0 bridgehead atoms. The summed E-state index contributed by atoms with van der Waals surface area (Å²) < 4.78 is 4.55. The zero-order valence-electron chi connectivity index (χ0n) is 9.64. The van der Waals surface area contributed by atoms with Crippen molar-refractivity contribution < 1.29 is 9.53 Å². The number of aliphatic imine (C=N–C) groups is 1. The van der Waals surface area contributed by atoms with Gasteiger partial charge in [-0.05, 0) is 45.1 Å². The first kappa shape index (κ1) is 14.5. The SMILES string of the molecule is CC(C)(C)OC=O.S=C=Nc1ccccc1. The third-order valence-corrected chi connectivity index (χ3v) is 1.42. The van der Waals surface area contributed by atoms with Crippen molar-refractivity contribution in [1.82, 2.24) is 0 Å². The Bertz CT molecular complexity index is 351. The summed E-state index contributed by atoms with van der Waals surface area (Å²) in [5.74, 6) is 0. The highest BCUT2D eigenvalue weighted by Gasteiger charge is 2.07. The van der Waals surface area contributed by atoms with E-state index in [1.54, 1.807) is 0 Å². The minimum atomic E-state index is -0.318. The van der Waals surface area contributed by atoms with Crippen LogP contribution in [0.15, 0.2) is 35.3 Å². The predicted octanol–water partition coefficient (Wildman–Crippen LogP) is 3.38. The average Bonchev–Trinajstić information content (AvgIpc) is 2.19. The molecule has 1 rings (SSSR count). The number of benzene rings is 1. The fourth-order valence-corrected chi connectivity index (χ4v) is 0.805. The van der Waals surface area contributed by atoms with E-state index in [4.69, 9.17) is 0 Å². The number of isothiocyanates is 1. The lowest BCUT2D eigenvalue weighted by Gasteiger charge is -2.14. The second-order valence-electron chi connectivity index (χ2n) is 3.87. The second kappa shape index (κ2) is 7.74. The summed E-state index contributed by atoms with van der Waals surface area (Å²) in [5.41, 5.74) is 0.536. The van der Waals surface area contributed by atoms with E-state index in [0.717, 1.165) is 5.69 Å². The quantitative estimate of drug-likeness (QED) is 0.449. The van der Waals surface area contributed by atoms with E-state index in [9.17, 15) is 4.79 Å². The van der Waals surface area contributed by atoms with Gasteiger partial charge in [0.1, 0.15) is 5.60 Å². The number of rotatable bonds is 2. The number of ether oxygens (including phenoxy) is 1. The summed E-state index contributed by atoms with van der Waals surface area (Å²) in [6, 6.07) is 9.50. The zero-order chi connectivity index (χ0) is 12.4. The molecule has 0 radical (unpaired) electrons. The summed E-state index contributed by atoms with van der Waals surface area (Å²) in [4.78, 5) is 13.4. The average molecular weight is 237 g/mol. The molecule has 1 aromatic rings. The Morgan fingerprint density at radius 2 is 1.88 bits per heavy atom. The van der Waals surface area contributed by atoms with Crippen molar-refractivity contribution in [3.05, 3.63) is 30.3 Å². The molecule has 0 fully saturated rings. The molecule has 0 aliphatic carbocycles. The Labute approximate surface area is 101 Å². The Morgan fingerprint density at radius 3 is 2.19 bits per heavy atom. The first-order valence-corrected chi connectivity index (χ1v) is 5.15. The summed E-state index contributed by atoms with van der Waals surface area (Å²) in [6.45, 7) is 5.92. The van der Waals surface area contributed by atoms with Crippen LogP contribution in [-0.2, 0) is 9.53 Å². The Hall–Kier alpha value is -1.51. The minimum Gasteiger partial charge on any atom is -0.462 e. The lowest BCUT2D eigenvalue weighted by molar-refractivity contribution is -0.138. The summed E-state index contributed by atoms with van der Waals surface area (Å²) in [7, 11) is 0. The van der Waals surface area contributed by atoms with Gasteiger partial charge < -0.3 is 4.74 Å². The molecule has 0 spiro atoms. The molecule has 0 N–H and O–H groups in total. The van der Waals surface area contributed by atoms with E-state index in [1.807, 2.05) is 51.1 Å². The van der Waals surface area contributed by atoms with Crippen molar-refractivity contribution >= 4 is 29.5 Å². The lowest BCUT2D eigenvalue weighted by atomic mass is 10.2. The van der Waals surface area contributed by atoms with Gasteiger partial charge in [-0.1, -0.05) is 18.2 Å². The van der Waals surface area contributed by atoms with Crippen LogP contribution in [-0.4, -0.2) is 17.2 Å². The lowest BCUT2D eigenvalue weighted by Crippen LogP contribution is -2.17. The van der Waals surface area contributed by atoms with E-state index in [1.165, 1.54) is 0 Å². The van der Waals surface area contributed by atoms with E-state index >= 15 is 0 Å². The minimum absolute atomic E-state index is 0.318. The van der Waals surface area contributed by atoms with Crippen LogP contribution in [0.1, 0.15) is 20.8 Å². The maximum Gasteiger partial charge on any atom is 0.293 e. The number of nitrogens with zero attached hydrogens (tertiary/aromatic N) is 1. The number of hydrogen-bond donors (Lipinski definition) is 0. The predicted molar refractivity (Wildman–Crippen MR) is 68.0 cm³/mol. The molecule has 0 atom stereocenters. The molecule has 3 nitrogen and oxygen atoms in total. The maximum absolute atomic E-state index is 9.60. The highest BCUT2D eigenvalue weighted by atomic mass is 32.1. The van der Waals surface area contributed by atoms with Gasteiger partial charge in [0.25, 0.3) is 6.47 Å². The second-order valence-corrected chi connectivity index (χ2v) is 4.05. The van der Waals surface area contributed by atoms with Gasteiger partial charge in [-0.2, -0.15) is 4.99 Å². The van der Waals surface area contributed by atoms with E-state index < -0.39 is 0 Å². The molecule has 4 heteroatoms. The van der Waals surface area contributed by atoms with E-state index in [0.29, 0.717) is 6.47 Å². The fourth-order valence-electron chi connectivity index (χ4n) is 0.700. The maximum atomic E-state index is 9.60. The van der Waals surface area contributed by atoms with Crippen molar-refractivity contribution in [1.29, 1.82) is 0 Å². The van der Waals surface area contributed by atoms with Crippen LogP contribution in [0.25, 0.3) is 0 Å². The van der Waals surface area contributed by atoms with Gasteiger partial charge in [0.05, 0.1) is 10.8 Å². The number of hydrogen-bond acceptors (Lipinski definition) is 4. The first-order valence-electron chi connectivity index (χ1n) is 4.74. The molecule has 0 unspecified atom stereocenters. The third kappa shape index (κ3) is 9.06. The van der Waals surface area contributed by atoms with Gasteiger partial charge in [-0.15, -0.1) is 0 Å². The molecule has 0 saturated carbocycles. The molecule has 0 aliphatic rings. The Morgan fingerprint density at radius 1 is 1.31 bits per heavy atom. The highest BCUT2D eigenvalue weighted by molar-refractivity contribution is 7.78. The summed E-state index contributed by atoms with van der Waals surface area (Å²) in [6.07, 6.45) is 0. The van der Waals surface area contributed by atoms with Crippen molar-refractivity contribution in [2.24, 2.45) is 4.99 Å². The molecule has 0 heterocycles. The van der Waals surface area contributed by atoms with Crippen molar-refractivity contribution in [2.75, 3.05) is 0 Å². The van der Waals surface area contributed by atoms with Gasteiger partial charge in [-0.3, -0.25) is 4.79 Å². The fraction of sp³-hybridized carbons (Fsp3) is 0.333. The largest absolute Gasteiger partial charge is 0.462 e. The van der Waals surface area contributed by atoms with Gasteiger partial charge in [0.15, 0.2) is 0 Å². The molecule has 0 aliphatic heterocycles. The van der Waals surface area contributed by atoms with E-state index in [-0.39, 0.29) is 5.60 Å². The molecular weight excluding hydrogens is 222 g/mol. The topological polar surface area (TPSA) is 38.7 Å². The van der Waals surface area contributed by atoms with Gasteiger partial charge in [0.2, 0.25) is 0 Å². The number of carbonyl (C=O) groups is 1. The van der Waals surface area contributed by atoms with Crippen molar-refractivity contribution in [2.45, 2.75) is 26.4 Å². The molecule has 0 aromatic heterocycles. The summed E-state index contributed by atoms with van der Waals surface area (Å²) >= 11 is 4.42. The van der Waals surface area contributed by atoms with Crippen LogP contribution in [0, 0.1) is 0 Å². The van der Waals surface area contributed by atoms with Crippen LogP contribution in [0.2, 0.25) is 0 Å². The number of carbonyl (C=O) groups excluding carboxylic acids is 1. The van der Waals surface area contributed by atoms with Gasteiger partial charge in [0, 0.05) is 0 Å². The standard InChI is InChI=1S/C7H5NS.C5H10O2/c9-6-8-7-4-2-1-3-5-7;1-5(2,3)7-4-6/h1-5H;4H,1-3H3. The van der Waals surface area contributed by atoms with Gasteiger partial charge in [-0.25, -0.2) is 0 Å². The number of thiocarbonyl (C=S) groups is 1. The van der Waals surface area contributed by atoms with Crippen LogP contribution in [0.4, 0.5) is 5.69 Å². The zero-order valence-corrected chi connectivity index (χ0v) is 10.5. The van der Waals surface area contributed by atoms with Crippen LogP contribution >= 0.6 is 12.2 Å². The smallest absolute Gasteiger partial charge is 0.293 e. The van der Waals surface area contributed by atoms with Crippen LogP contribution < -0.4 is 0 Å². The van der Waals surface area contributed by atoms with Crippen LogP contribution in [0.5, 0.6) is 0 Å².